The van der Waals surface area contributed by atoms with Crippen LogP contribution in [0.4, 0.5) is 0 Å². The molecule has 3 heterocycles. The molecule has 0 aromatic carbocycles. The Balaban J connectivity index is 1.73. The number of rotatable bonds is 18. The third kappa shape index (κ3) is 17.2. The maximum absolute atomic E-state index is 13.1. The van der Waals surface area contributed by atoms with Crippen LogP contribution in [-0.4, -0.2) is 156 Å². The Hall–Kier alpha value is -3.16. The van der Waals surface area contributed by atoms with E-state index in [9.17, 15) is 9.59 Å². The monoisotopic (exact) mass is 702 g/mol. The first-order valence-corrected chi connectivity index (χ1v) is 17.6. The number of hydrogen-bond donors (Lipinski definition) is 6. The van der Waals surface area contributed by atoms with Crippen molar-refractivity contribution in [1.29, 1.82) is 0 Å². The van der Waals surface area contributed by atoms with Gasteiger partial charge in [0, 0.05) is 78.0 Å². The molecule has 2 atom stereocenters. The van der Waals surface area contributed by atoms with Crippen molar-refractivity contribution in [2.75, 3.05) is 92.0 Å². The van der Waals surface area contributed by atoms with E-state index >= 15 is 0 Å². The molecule has 2 aromatic heterocycles. The van der Waals surface area contributed by atoms with E-state index in [1.54, 1.807) is 12.4 Å². The number of amides is 2. The van der Waals surface area contributed by atoms with Crippen LogP contribution in [0.25, 0.3) is 0 Å². The minimum Gasteiger partial charge on any atom is -0.394 e. The van der Waals surface area contributed by atoms with Gasteiger partial charge in [-0.2, -0.15) is 0 Å². The zero-order valence-corrected chi connectivity index (χ0v) is 29.3. The van der Waals surface area contributed by atoms with E-state index in [0.717, 1.165) is 37.3 Å². The molecule has 1 aliphatic rings. The molecule has 0 saturated carbocycles. The van der Waals surface area contributed by atoms with Gasteiger partial charge in [0.25, 0.3) is 11.8 Å². The molecule has 16 nitrogen and oxygen atoms in total. The van der Waals surface area contributed by atoms with Crippen LogP contribution in [-0.2, 0) is 32.2 Å². The summed E-state index contributed by atoms with van der Waals surface area (Å²) in [7, 11) is 0. The van der Waals surface area contributed by atoms with Crippen molar-refractivity contribution in [2.45, 2.75) is 50.9 Å². The third-order valence-corrected chi connectivity index (χ3v) is 8.23. The second-order valence-corrected chi connectivity index (χ2v) is 12.3. The molecule has 1 aliphatic heterocycles. The minimum atomic E-state index is -0.741. The normalized spacial score (nSPS) is 17.8. The molecule has 3 rings (SSSR count). The average molecular weight is 703 g/mol. The third-order valence-electron chi connectivity index (χ3n) is 8.23. The van der Waals surface area contributed by atoms with Crippen molar-refractivity contribution in [1.82, 2.24) is 40.6 Å². The van der Waals surface area contributed by atoms with Gasteiger partial charge in [-0.25, -0.2) is 10.0 Å². The van der Waals surface area contributed by atoms with Crippen LogP contribution in [0.3, 0.4) is 0 Å². The van der Waals surface area contributed by atoms with Crippen molar-refractivity contribution < 1.29 is 29.3 Å². The number of aromatic nitrogens is 2. The molecule has 50 heavy (non-hydrogen) atoms. The molecule has 0 bridgehead atoms. The van der Waals surface area contributed by atoms with Gasteiger partial charge in [0.15, 0.2) is 0 Å². The van der Waals surface area contributed by atoms with Crippen molar-refractivity contribution in [3.63, 3.8) is 0 Å². The van der Waals surface area contributed by atoms with E-state index in [1.165, 1.54) is 0 Å². The number of nitrogens with two attached hydrogens (primary N) is 2. The number of hydrogen-bond acceptors (Lipinski definition) is 14. The molecule has 0 spiro atoms. The summed E-state index contributed by atoms with van der Waals surface area (Å²) in [5, 5.41) is 21.8. The molecule has 2 unspecified atom stereocenters. The van der Waals surface area contributed by atoms with Gasteiger partial charge in [-0.05, 0) is 63.0 Å². The van der Waals surface area contributed by atoms with E-state index in [4.69, 9.17) is 31.2 Å². The molecule has 0 aliphatic carbocycles. The molecule has 1 saturated heterocycles. The second kappa shape index (κ2) is 24.9. The number of ether oxygens (including phenoxy) is 2. The summed E-state index contributed by atoms with van der Waals surface area (Å²) in [6, 6.07) is 10.2. The molecule has 2 amide bonds. The number of aliphatic hydroxyl groups excluding tert-OH is 2. The van der Waals surface area contributed by atoms with Gasteiger partial charge < -0.3 is 31.2 Å². The summed E-state index contributed by atoms with van der Waals surface area (Å²) in [5.41, 5.74) is 20.4. The number of carbonyl (C=O) groups is 2. The van der Waals surface area contributed by atoms with Crippen LogP contribution in [0, 0.1) is 0 Å². The molecular weight excluding hydrogens is 644 g/mol. The first-order valence-electron chi connectivity index (χ1n) is 17.6. The zero-order valence-electron chi connectivity index (χ0n) is 29.3. The first-order chi connectivity index (χ1) is 24.4. The SMILES string of the molecule is NC(CCOCCO)C(=O)NN1CCCN(Cc2ccccn2)CCN(NC(=O)C(N)CCOCCO)CCCN(Cc2ccccn2)CC1. The van der Waals surface area contributed by atoms with E-state index in [0.29, 0.717) is 65.2 Å². The Bertz CT molecular complexity index is 1100. The Morgan fingerprint density at radius 2 is 1.10 bits per heavy atom. The summed E-state index contributed by atoms with van der Waals surface area (Å²) in [6.45, 7) is 7.22. The fourth-order valence-electron chi connectivity index (χ4n) is 5.42. The molecule has 0 radical (unpaired) electrons. The lowest BCUT2D eigenvalue weighted by atomic mass is 10.2. The highest BCUT2D eigenvalue weighted by Crippen LogP contribution is 2.08. The molecule has 8 N–H and O–H groups in total. The van der Waals surface area contributed by atoms with Crippen LogP contribution in [0.5, 0.6) is 0 Å². The van der Waals surface area contributed by atoms with E-state index < -0.39 is 12.1 Å². The second-order valence-electron chi connectivity index (χ2n) is 12.3. The Morgan fingerprint density at radius 3 is 1.48 bits per heavy atom. The van der Waals surface area contributed by atoms with Crippen LogP contribution in [0.2, 0.25) is 0 Å². The average Bonchev–Trinajstić information content (AvgIpc) is 3.12. The largest absolute Gasteiger partial charge is 0.394 e. The zero-order chi connectivity index (χ0) is 35.8. The minimum absolute atomic E-state index is 0.0784. The topological polar surface area (TPSA) is 208 Å². The van der Waals surface area contributed by atoms with Gasteiger partial charge in [-0.1, -0.05) is 12.1 Å². The quantitative estimate of drug-likeness (QED) is 0.0999. The maximum Gasteiger partial charge on any atom is 0.251 e. The van der Waals surface area contributed by atoms with E-state index in [2.05, 4.69) is 30.6 Å². The lowest BCUT2D eigenvalue weighted by molar-refractivity contribution is -0.129. The number of hydrazine groups is 2. The van der Waals surface area contributed by atoms with Crippen molar-refractivity contribution >= 4 is 11.8 Å². The highest BCUT2D eigenvalue weighted by molar-refractivity contribution is 5.81. The van der Waals surface area contributed by atoms with Crippen molar-refractivity contribution in [3.05, 3.63) is 60.2 Å². The predicted molar refractivity (Wildman–Crippen MR) is 189 cm³/mol. The number of aliphatic hydroxyl groups is 2. The number of pyridine rings is 2. The summed E-state index contributed by atoms with van der Waals surface area (Å²) >= 11 is 0. The number of nitrogens with one attached hydrogen (secondary N) is 2. The van der Waals surface area contributed by atoms with Gasteiger partial charge in [0.05, 0.1) is 49.9 Å². The lowest BCUT2D eigenvalue weighted by Gasteiger charge is -2.32. The van der Waals surface area contributed by atoms with Crippen molar-refractivity contribution in [2.24, 2.45) is 11.5 Å². The fraction of sp³-hybridized carbons (Fsp3) is 0.647. The summed E-state index contributed by atoms with van der Waals surface area (Å²) in [6.07, 6.45) is 5.77. The Labute approximate surface area is 296 Å². The Kier molecular flexibility index (Phi) is 20.5. The van der Waals surface area contributed by atoms with Crippen LogP contribution >= 0.6 is 0 Å². The lowest BCUT2D eigenvalue weighted by Crippen LogP contribution is -2.53. The molecule has 2 aromatic rings. The number of nitrogens with zero attached hydrogens (tertiary/aromatic N) is 6. The molecular formula is C34H58N10O6. The maximum atomic E-state index is 13.1. The highest BCUT2D eigenvalue weighted by atomic mass is 16.5. The molecule has 16 heteroatoms. The van der Waals surface area contributed by atoms with E-state index in [1.807, 2.05) is 46.4 Å². The summed E-state index contributed by atoms with van der Waals surface area (Å²) < 4.78 is 10.6. The first kappa shape index (κ1) is 41.3. The van der Waals surface area contributed by atoms with Crippen molar-refractivity contribution in [3.8, 4) is 0 Å². The Morgan fingerprint density at radius 1 is 0.660 bits per heavy atom. The van der Waals surface area contributed by atoms with E-state index in [-0.39, 0.29) is 51.5 Å². The van der Waals surface area contributed by atoms with Crippen LogP contribution < -0.4 is 22.3 Å². The van der Waals surface area contributed by atoms with Gasteiger partial charge in [0.1, 0.15) is 0 Å². The molecule has 280 valence electrons. The van der Waals surface area contributed by atoms with Crippen LogP contribution in [0.15, 0.2) is 48.8 Å². The standard InChI is InChI=1S/C34H58N10O6/c35-31(9-23-49-25-21-45)33(47)39-43-16-6-14-42(28-30-8-2-4-12-38-30)18-20-44(40-34(48)32(36)10-24-50-26-22-46)15-5-13-41(17-19-43)27-29-7-1-3-11-37-29/h1-4,7-8,11-12,31-32,45-46H,5-6,9-10,13-28,35-36H2,(H,39,47)(H,40,48). The summed E-state index contributed by atoms with van der Waals surface area (Å²) in [5.74, 6) is -0.547. The molecule has 1 fully saturated rings. The summed E-state index contributed by atoms with van der Waals surface area (Å²) in [4.78, 5) is 39.9. The van der Waals surface area contributed by atoms with Gasteiger partial charge in [0.2, 0.25) is 0 Å². The fourth-order valence-corrected chi connectivity index (χ4v) is 5.42. The van der Waals surface area contributed by atoms with Gasteiger partial charge in [-0.15, -0.1) is 0 Å². The predicted octanol–water partition coefficient (Wildman–Crippen LogP) is -1.31. The van der Waals surface area contributed by atoms with Gasteiger partial charge in [-0.3, -0.25) is 40.2 Å². The van der Waals surface area contributed by atoms with Gasteiger partial charge >= 0.3 is 0 Å². The van der Waals surface area contributed by atoms with Crippen LogP contribution in [0.1, 0.15) is 37.1 Å². The number of carbonyl (C=O) groups excluding carboxylic acids is 2. The highest BCUT2D eigenvalue weighted by Gasteiger charge is 2.21. The smallest absolute Gasteiger partial charge is 0.251 e.